The Balaban J connectivity index is 0.00000240. The summed E-state index contributed by atoms with van der Waals surface area (Å²) >= 11 is 1.82. The van der Waals surface area contributed by atoms with Gasteiger partial charge in [-0.05, 0) is 36.4 Å². The van der Waals surface area contributed by atoms with Crippen molar-refractivity contribution >= 4 is 46.3 Å². The Morgan fingerprint density at radius 1 is 1.14 bits per heavy atom. The molecular formula is C22H31IN4OS. The fraction of sp³-hybridized carbons (Fsp3) is 0.500. The van der Waals surface area contributed by atoms with Gasteiger partial charge >= 0.3 is 0 Å². The van der Waals surface area contributed by atoms with Crippen LogP contribution in [-0.2, 0) is 4.74 Å². The van der Waals surface area contributed by atoms with Crippen LogP contribution in [0.1, 0.15) is 25.0 Å². The zero-order valence-electron chi connectivity index (χ0n) is 17.0. The molecule has 0 saturated carbocycles. The molecule has 2 unspecified atom stereocenters. The van der Waals surface area contributed by atoms with Crippen LogP contribution in [0.2, 0.25) is 0 Å². The van der Waals surface area contributed by atoms with Crippen molar-refractivity contribution < 1.29 is 4.74 Å². The van der Waals surface area contributed by atoms with Crippen molar-refractivity contribution in [2.75, 3.05) is 50.8 Å². The summed E-state index contributed by atoms with van der Waals surface area (Å²) in [4.78, 5) is 9.90. The van der Waals surface area contributed by atoms with Crippen molar-refractivity contribution in [2.24, 2.45) is 10.9 Å². The summed E-state index contributed by atoms with van der Waals surface area (Å²) in [6, 6.07) is 14.9. The minimum Gasteiger partial charge on any atom is -0.373 e. The van der Waals surface area contributed by atoms with Gasteiger partial charge in [-0.2, -0.15) is 0 Å². The fourth-order valence-electron chi connectivity index (χ4n) is 4.05. The highest BCUT2D eigenvalue weighted by Crippen LogP contribution is 2.34. The van der Waals surface area contributed by atoms with Crippen molar-refractivity contribution in [2.45, 2.75) is 19.4 Å². The van der Waals surface area contributed by atoms with Crippen molar-refractivity contribution in [1.82, 2.24) is 10.2 Å². The molecule has 0 amide bonds. The standard InChI is InChI=1S/C22H30N4OS.HI/c1-2-23-22(26-13-11-25(12-14-26)20-9-6-16-28-20)24-17-19-10-15-27-21(19)18-7-4-3-5-8-18;/h3-9,16,19,21H,2,10-15,17H2,1H3,(H,23,24);1H. The molecular weight excluding hydrogens is 495 g/mol. The van der Waals surface area contributed by atoms with Gasteiger partial charge < -0.3 is 19.9 Å². The largest absolute Gasteiger partial charge is 0.373 e. The number of ether oxygens (including phenoxy) is 1. The molecule has 1 aromatic carbocycles. The number of thiophene rings is 1. The maximum absolute atomic E-state index is 6.04. The van der Waals surface area contributed by atoms with Crippen molar-refractivity contribution in [3.8, 4) is 0 Å². The third-order valence-electron chi connectivity index (χ3n) is 5.55. The van der Waals surface area contributed by atoms with Gasteiger partial charge in [-0.1, -0.05) is 30.3 Å². The van der Waals surface area contributed by atoms with E-state index in [4.69, 9.17) is 9.73 Å². The molecule has 158 valence electrons. The number of rotatable bonds is 5. The van der Waals surface area contributed by atoms with Gasteiger partial charge in [0, 0.05) is 51.8 Å². The summed E-state index contributed by atoms with van der Waals surface area (Å²) in [6.45, 7) is 8.78. The number of nitrogens with one attached hydrogen (secondary N) is 1. The summed E-state index contributed by atoms with van der Waals surface area (Å²) in [6.07, 6.45) is 1.25. The fourth-order valence-corrected chi connectivity index (χ4v) is 4.84. The summed E-state index contributed by atoms with van der Waals surface area (Å²) in [5.41, 5.74) is 1.27. The maximum Gasteiger partial charge on any atom is 0.194 e. The molecule has 5 nitrogen and oxygen atoms in total. The predicted octanol–water partition coefficient (Wildman–Crippen LogP) is 4.23. The van der Waals surface area contributed by atoms with E-state index < -0.39 is 0 Å². The molecule has 3 heterocycles. The molecule has 4 rings (SSSR count). The van der Waals surface area contributed by atoms with Gasteiger partial charge in [0.05, 0.1) is 11.1 Å². The third-order valence-corrected chi connectivity index (χ3v) is 6.48. The van der Waals surface area contributed by atoms with E-state index in [1.165, 1.54) is 10.6 Å². The molecule has 2 aliphatic heterocycles. The van der Waals surface area contributed by atoms with Crippen molar-refractivity contribution in [3.05, 3.63) is 53.4 Å². The van der Waals surface area contributed by atoms with Crippen LogP contribution in [0, 0.1) is 5.92 Å². The maximum atomic E-state index is 6.04. The Kier molecular flexibility index (Phi) is 8.62. The predicted molar refractivity (Wildman–Crippen MR) is 133 cm³/mol. The van der Waals surface area contributed by atoms with Gasteiger partial charge in [0.2, 0.25) is 0 Å². The summed E-state index contributed by atoms with van der Waals surface area (Å²) in [5.74, 6) is 1.50. The first-order valence-corrected chi connectivity index (χ1v) is 11.2. The molecule has 2 atom stereocenters. The van der Waals surface area contributed by atoms with Crippen LogP contribution < -0.4 is 10.2 Å². The first kappa shape index (κ1) is 22.4. The second kappa shape index (κ2) is 11.2. The van der Waals surface area contributed by atoms with Crippen LogP contribution in [0.5, 0.6) is 0 Å². The third kappa shape index (κ3) is 5.64. The lowest BCUT2D eigenvalue weighted by Crippen LogP contribution is -2.52. The minimum absolute atomic E-state index is 0. The lowest BCUT2D eigenvalue weighted by molar-refractivity contribution is 0.0925. The average Bonchev–Trinajstić information content (AvgIpc) is 3.44. The smallest absolute Gasteiger partial charge is 0.194 e. The van der Waals surface area contributed by atoms with Gasteiger partial charge in [-0.25, -0.2) is 0 Å². The number of anilines is 1. The quantitative estimate of drug-likeness (QED) is 0.360. The van der Waals surface area contributed by atoms with E-state index in [1.54, 1.807) is 0 Å². The SMILES string of the molecule is CCNC(=NCC1CCOC1c1ccccc1)N1CCN(c2cccs2)CC1.I. The number of halogens is 1. The Morgan fingerprint density at radius 2 is 1.93 bits per heavy atom. The van der Waals surface area contributed by atoms with Crippen molar-refractivity contribution in [1.29, 1.82) is 0 Å². The number of hydrogen-bond acceptors (Lipinski definition) is 4. The lowest BCUT2D eigenvalue weighted by Gasteiger charge is -2.37. The lowest BCUT2D eigenvalue weighted by atomic mass is 9.95. The highest BCUT2D eigenvalue weighted by atomic mass is 127. The van der Waals surface area contributed by atoms with Crippen LogP contribution in [0.15, 0.2) is 52.8 Å². The van der Waals surface area contributed by atoms with E-state index in [2.05, 4.69) is 69.9 Å². The molecule has 2 aliphatic rings. The number of nitrogens with zero attached hydrogens (tertiary/aromatic N) is 3. The normalized spacial score (nSPS) is 22.4. The van der Waals surface area contributed by atoms with Crippen LogP contribution in [0.4, 0.5) is 5.00 Å². The second-order valence-corrected chi connectivity index (χ2v) is 8.30. The van der Waals surface area contributed by atoms with Crippen LogP contribution in [0.3, 0.4) is 0 Å². The van der Waals surface area contributed by atoms with Crippen LogP contribution in [0.25, 0.3) is 0 Å². The van der Waals surface area contributed by atoms with E-state index in [1.807, 2.05) is 11.3 Å². The molecule has 1 N–H and O–H groups in total. The highest BCUT2D eigenvalue weighted by Gasteiger charge is 2.30. The Labute approximate surface area is 195 Å². The Hall–Kier alpha value is -1.32. The van der Waals surface area contributed by atoms with Crippen LogP contribution >= 0.6 is 35.3 Å². The molecule has 1 aromatic heterocycles. The van der Waals surface area contributed by atoms with Gasteiger partial charge in [0.1, 0.15) is 0 Å². The first-order valence-electron chi connectivity index (χ1n) is 10.3. The molecule has 2 fully saturated rings. The monoisotopic (exact) mass is 526 g/mol. The molecule has 0 radical (unpaired) electrons. The Bertz CT molecular complexity index is 747. The van der Waals surface area contributed by atoms with Gasteiger partial charge in [0.25, 0.3) is 0 Å². The molecule has 0 bridgehead atoms. The number of piperazine rings is 1. The summed E-state index contributed by atoms with van der Waals surface area (Å²) < 4.78 is 6.04. The number of aliphatic imine (C=N–C) groups is 1. The Morgan fingerprint density at radius 3 is 2.62 bits per heavy atom. The van der Waals surface area contributed by atoms with Gasteiger partial charge in [0.15, 0.2) is 5.96 Å². The molecule has 29 heavy (non-hydrogen) atoms. The first-order chi connectivity index (χ1) is 13.8. The van der Waals surface area contributed by atoms with Gasteiger partial charge in [-0.15, -0.1) is 35.3 Å². The number of guanidine groups is 1. The average molecular weight is 526 g/mol. The summed E-state index contributed by atoms with van der Waals surface area (Å²) in [5, 5.41) is 7.02. The zero-order chi connectivity index (χ0) is 19.2. The van der Waals surface area contributed by atoms with E-state index in [0.29, 0.717) is 5.92 Å². The van der Waals surface area contributed by atoms with E-state index in [9.17, 15) is 0 Å². The zero-order valence-corrected chi connectivity index (χ0v) is 20.1. The minimum atomic E-state index is 0. The molecule has 7 heteroatoms. The van der Waals surface area contributed by atoms with Gasteiger partial charge in [-0.3, -0.25) is 4.99 Å². The molecule has 0 aliphatic carbocycles. The highest BCUT2D eigenvalue weighted by molar-refractivity contribution is 14.0. The number of hydrogen-bond donors (Lipinski definition) is 1. The molecule has 2 saturated heterocycles. The summed E-state index contributed by atoms with van der Waals surface area (Å²) in [7, 11) is 0. The topological polar surface area (TPSA) is 40.1 Å². The van der Waals surface area contributed by atoms with E-state index in [0.717, 1.165) is 58.3 Å². The van der Waals surface area contributed by atoms with Crippen molar-refractivity contribution in [3.63, 3.8) is 0 Å². The van der Waals surface area contributed by atoms with E-state index in [-0.39, 0.29) is 30.1 Å². The van der Waals surface area contributed by atoms with E-state index >= 15 is 0 Å². The molecule has 0 spiro atoms. The van der Waals surface area contributed by atoms with Crippen LogP contribution in [-0.4, -0.2) is 56.7 Å². The molecule has 2 aromatic rings. The second-order valence-electron chi connectivity index (χ2n) is 7.37. The number of benzene rings is 1.